The predicted molar refractivity (Wildman–Crippen MR) is 141 cm³/mol. The van der Waals surface area contributed by atoms with Crippen molar-refractivity contribution >= 4 is 33.8 Å². The molecule has 0 radical (unpaired) electrons. The van der Waals surface area contributed by atoms with Crippen LogP contribution in [0.5, 0.6) is 0 Å². The maximum Gasteiger partial charge on any atom is 0.284 e. The standard InChI is InChI=1S/C25H31F2N7O5S/c1-40(36,37)39-13-16-2-4-18(5-3-16)33-11-21(23(31-33)24(26)27)30-25(35)17-9-29-34(12-17)7-6-22(28-15-34)32-10-20-8-19(32)14-38-20/h6-7,9,11-12,16,18-20,24H,2-5,8,10,13-15H2,1H3/p+1/t16?,18?,19-,20-,34?/m1/s1. The molecule has 40 heavy (non-hydrogen) atoms. The third-order valence-corrected chi connectivity index (χ3v) is 8.66. The maximum atomic E-state index is 13.8. The second-order valence-electron chi connectivity index (χ2n) is 11.0. The van der Waals surface area contributed by atoms with Crippen LogP contribution in [0, 0.1) is 5.92 Å². The summed E-state index contributed by atoms with van der Waals surface area (Å²) in [4.78, 5) is 20.0. The van der Waals surface area contributed by atoms with Gasteiger partial charge in [0.1, 0.15) is 30.0 Å². The quantitative estimate of drug-likeness (QED) is 0.388. The number of quaternary nitrogens is 1. The summed E-state index contributed by atoms with van der Waals surface area (Å²) >= 11 is 0. The molecule has 1 aromatic heterocycles. The smallest absolute Gasteiger partial charge is 0.284 e. The average molecular weight is 581 g/mol. The Morgan fingerprint density at radius 1 is 1.27 bits per heavy atom. The number of nitrogens with zero attached hydrogens (tertiary/aromatic N) is 6. The number of aromatic nitrogens is 2. The minimum absolute atomic E-state index is 0.00204. The number of fused-ring (bicyclic) bond motifs is 2. The number of carbonyl (C=O) groups is 1. The summed E-state index contributed by atoms with van der Waals surface area (Å²) in [5, 5.41) is 11.1. The van der Waals surface area contributed by atoms with Crippen LogP contribution in [0.1, 0.15) is 50.3 Å². The Balaban J connectivity index is 1.08. The van der Waals surface area contributed by atoms with Gasteiger partial charge in [0.05, 0.1) is 43.3 Å². The molecule has 1 aliphatic carbocycles. The zero-order valence-corrected chi connectivity index (χ0v) is 22.8. The van der Waals surface area contributed by atoms with Crippen molar-refractivity contribution in [1.29, 1.82) is 0 Å². The normalized spacial score (nSPS) is 31.4. The molecule has 1 N–H and O–H groups in total. The van der Waals surface area contributed by atoms with E-state index in [2.05, 4.69) is 20.4 Å². The van der Waals surface area contributed by atoms with Gasteiger partial charge in [-0.25, -0.2) is 13.8 Å². The maximum absolute atomic E-state index is 13.8. The van der Waals surface area contributed by atoms with Crippen LogP contribution < -0.4 is 5.32 Å². The number of ether oxygens (including phenoxy) is 1. The van der Waals surface area contributed by atoms with Gasteiger partial charge in [0.25, 0.3) is 22.5 Å². The van der Waals surface area contributed by atoms with Crippen molar-refractivity contribution in [3.05, 3.63) is 35.9 Å². The second kappa shape index (κ2) is 10.4. The number of nitrogens with one attached hydrogen (secondary N) is 1. The van der Waals surface area contributed by atoms with Crippen LogP contribution in [0.15, 0.2) is 40.3 Å². The fourth-order valence-corrected chi connectivity index (χ4v) is 6.38. The molecule has 2 bridgehead atoms. The summed E-state index contributed by atoms with van der Waals surface area (Å²) < 4.78 is 62.2. The first-order valence-corrected chi connectivity index (χ1v) is 15.2. The van der Waals surface area contributed by atoms with Gasteiger partial charge in [-0.1, -0.05) is 5.10 Å². The van der Waals surface area contributed by atoms with Gasteiger partial charge in [0.15, 0.2) is 5.69 Å². The zero-order chi connectivity index (χ0) is 28.1. The molecule has 3 fully saturated rings. The van der Waals surface area contributed by atoms with Gasteiger partial charge in [-0.3, -0.25) is 13.7 Å². The van der Waals surface area contributed by atoms with Gasteiger partial charge in [-0.05, 0) is 38.0 Å². The number of alkyl halides is 2. The Hall–Kier alpha value is -3.01. The van der Waals surface area contributed by atoms with Crippen LogP contribution in [0.3, 0.4) is 0 Å². The number of aliphatic imine (C=N–C) groups is 1. The Bertz CT molecular complexity index is 1400. The number of hydrogen-bond acceptors (Lipinski definition) is 9. The van der Waals surface area contributed by atoms with Crippen LogP contribution in [0.2, 0.25) is 0 Å². The van der Waals surface area contributed by atoms with E-state index in [-0.39, 0.29) is 40.5 Å². The third-order valence-electron chi connectivity index (χ3n) is 8.10. The molecule has 15 heteroatoms. The zero-order valence-electron chi connectivity index (χ0n) is 22.0. The molecule has 1 unspecified atom stereocenters. The van der Waals surface area contributed by atoms with E-state index in [0.29, 0.717) is 45.0 Å². The van der Waals surface area contributed by atoms with Crippen LogP contribution >= 0.6 is 0 Å². The summed E-state index contributed by atoms with van der Waals surface area (Å²) in [6.45, 7) is 1.94. The second-order valence-corrected chi connectivity index (χ2v) is 12.7. The number of anilines is 1. The lowest BCUT2D eigenvalue weighted by molar-refractivity contribution is -0.832. The lowest BCUT2D eigenvalue weighted by atomic mass is 9.87. The average Bonchev–Trinajstić information content (AvgIpc) is 3.72. The first-order valence-electron chi connectivity index (χ1n) is 13.4. The lowest BCUT2D eigenvalue weighted by Gasteiger charge is -2.31. The molecule has 216 valence electrons. The van der Waals surface area contributed by atoms with Crippen LogP contribution in [-0.4, -0.2) is 90.5 Å². The largest absolute Gasteiger partial charge is 0.374 e. The number of amides is 1. The molecule has 5 aliphatic rings. The van der Waals surface area contributed by atoms with Crippen molar-refractivity contribution < 1.29 is 35.5 Å². The van der Waals surface area contributed by atoms with Crippen molar-refractivity contribution in [2.24, 2.45) is 16.0 Å². The number of carbonyl (C=O) groups excluding carboxylic acids is 1. The van der Waals surface area contributed by atoms with E-state index in [1.165, 1.54) is 17.1 Å². The van der Waals surface area contributed by atoms with Gasteiger partial charge in [-0.15, -0.1) is 4.59 Å². The predicted octanol–water partition coefficient (Wildman–Crippen LogP) is 2.52. The Labute approximate surface area is 230 Å². The van der Waals surface area contributed by atoms with Crippen molar-refractivity contribution in [3.63, 3.8) is 0 Å². The van der Waals surface area contributed by atoms with Gasteiger partial charge < -0.3 is 15.0 Å². The summed E-state index contributed by atoms with van der Waals surface area (Å²) in [5.74, 6) is 0.397. The summed E-state index contributed by atoms with van der Waals surface area (Å²) in [7, 11) is -3.51. The molecular formula is C25H32F2N7O5S+. The van der Waals surface area contributed by atoms with E-state index < -0.39 is 28.1 Å². The van der Waals surface area contributed by atoms with Crippen molar-refractivity contribution in [1.82, 2.24) is 14.7 Å². The topological polar surface area (TPSA) is 127 Å². The molecule has 1 saturated carbocycles. The first-order chi connectivity index (χ1) is 19.1. The molecule has 1 spiro atoms. The van der Waals surface area contributed by atoms with Crippen molar-refractivity contribution in [2.75, 3.05) is 38.0 Å². The number of morpholine rings is 1. The highest BCUT2D eigenvalue weighted by atomic mass is 32.2. The highest BCUT2D eigenvalue weighted by Gasteiger charge is 2.42. The minimum atomic E-state index is -3.51. The lowest BCUT2D eigenvalue weighted by Crippen LogP contribution is -2.44. The van der Waals surface area contributed by atoms with Crippen molar-refractivity contribution in [2.45, 2.75) is 56.7 Å². The fourth-order valence-electron chi connectivity index (χ4n) is 5.94. The molecular weight excluding hydrogens is 548 g/mol. The highest BCUT2D eigenvalue weighted by molar-refractivity contribution is 7.85. The van der Waals surface area contributed by atoms with E-state index in [4.69, 9.17) is 13.9 Å². The van der Waals surface area contributed by atoms with Crippen LogP contribution in [-0.2, 0) is 23.8 Å². The molecule has 0 aromatic carbocycles. The molecule has 6 rings (SSSR count). The molecule has 3 atom stereocenters. The van der Waals surface area contributed by atoms with Gasteiger partial charge in [-0.2, -0.15) is 13.5 Å². The van der Waals surface area contributed by atoms with E-state index in [9.17, 15) is 22.0 Å². The molecule has 1 aromatic rings. The molecule has 5 heterocycles. The number of hydrogen-bond donors (Lipinski definition) is 1. The number of likely N-dealkylation sites (tertiary alicyclic amines) is 1. The summed E-state index contributed by atoms with van der Waals surface area (Å²) in [5.41, 5.74) is -0.293. The van der Waals surface area contributed by atoms with Gasteiger partial charge in [0.2, 0.25) is 6.67 Å². The molecule has 1 amide bonds. The minimum Gasteiger partial charge on any atom is -0.374 e. The fraction of sp³-hybridized carbons (Fsp3) is 0.600. The molecule has 12 nitrogen and oxygen atoms in total. The summed E-state index contributed by atoms with van der Waals surface area (Å²) in [6, 6.07) is 0.203. The van der Waals surface area contributed by atoms with Crippen LogP contribution in [0.25, 0.3) is 0 Å². The van der Waals surface area contributed by atoms with E-state index in [0.717, 1.165) is 25.1 Å². The van der Waals surface area contributed by atoms with E-state index >= 15 is 0 Å². The van der Waals surface area contributed by atoms with E-state index in [1.807, 2.05) is 12.3 Å². The number of amidine groups is 1. The molecule has 4 aliphatic heterocycles. The SMILES string of the molecule is CS(=O)(=O)OCC1CCC(n2cc(NC(=O)C3=C[N+]4(C=CC(N5C[C@H]6C[C@@H]5CO6)=NC4)N=C3)c(C(F)F)n2)CC1. The van der Waals surface area contributed by atoms with Gasteiger partial charge >= 0.3 is 0 Å². The first kappa shape index (κ1) is 27.2. The Morgan fingerprint density at radius 2 is 2.08 bits per heavy atom. The highest BCUT2D eigenvalue weighted by Crippen LogP contribution is 2.35. The Morgan fingerprint density at radius 3 is 2.70 bits per heavy atom. The summed E-state index contributed by atoms with van der Waals surface area (Å²) in [6.07, 6.45) is 10.3. The van der Waals surface area contributed by atoms with Gasteiger partial charge in [0, 0.05) is 18.8 Å². The third kappa shape index (κ3) is 5.60. The number of halogens is 2. The number of rotatable bonds is 7. The van der Waals surface area contributed by atoms with Crippen LogP contribution in [0.4, 0.5) is 14.5 Å². The molecule has 2 saturated heterocycles. The monoisotopic (exact) mass is 580 g/mol. The van der Waals surface area contributed by atoms with E-state index in [1.54, 1.807) is 6.20 Å². The Kier molecular flexibility index (Phi) is 7.09. The van der Waals surface area contributed by atoms with Crippen molar-refractivity contribution in [3.8, 4) is 0 Å².